The van der Waals surface area contributed by atoms with Gasteiger partial charge in [0.1, 0.15) is 0 Å². The maximum Gasteiger partial charge on any atom is 0.176 e. The van der Waals surface area contributed by atoms with Crippen LogP contribution in [0.15, 0.2) is 24.3 Å². The van der Waals surface area contributed by atoms with Crippen molar-refractivity contribution in [3.63, 3.8) is 0 Å². The second-order valence-electron chi connectivity index (χ2n) is 4.88. The number of rotatable bonds is 3. The molecule has 98 valence electrons. The van der Waals surface area contributed by atoms with Crippen molar-refractivity contribution in [3.05, 3.63) is 34.9 Å². The average Bonchev–Trinajstić information content (AvgIpc) is 2.28. The second-order valence-corrected chi connectivity index (χ2v) is 5.32. The maximum atomic E-state index is 12.1. The van der Waals surface area contributed by atoms with Crippen LogP contribution in [0.5, 0.6) is 0 Å². The lowest BCUT2D eigenvalue weighted by Gasteiger charge is -2.34. The molecular formula is C14H18ClNO2. The van der Waals surface area contributed by atoms with Gasteiger partial charge in [-0.3, -0.25) is 9.69 Å². The first-order valence-corrected chi connectivity index (χ1v) is 6.59. The van der Waals surface area contributed by atoms with Crippen LogP contribution in [0.25, 0.3) is 0 Å². The van der Waals surface area contributed by atoms with Gasteiger partial charge in [-0.15, -0.1) is 0 Å². The van der Waals surface area contributed by atoms with Crippen molar-refractivity contribution in [1.82, 2.24) is 4.90 Å². The summed E-state index contributed by atoms with van der Waals surface area (Å²) in [5.74, 6) is 0.132. The van der Waals surface area contributed by atoms with Gasteiger partial charge in [0, 0.05) is 23.7 Å². The maximum absolute atomic E-state index is 12.1. The number of nitrogens with zero attached hydrogens (tertiary/aromatic N) is 1. The van der Waals surface area contributed by atoms with Gasteiger partial charge in [-0.1, -0.05) is 11.6 Å². The summed E-state index contributed by atoms with van der Waals surface area (Å²) in [6.07, 6.45) is 0.374. The molecule has 0 saturated carbocycles. The number of halogens is 1. The predicted octanol–water partition coefficient (Wildman–Crippen LogP) is 2.63. The summed E-state index contributed by atoms with van der Waals surface area (Å²) in [4.78, 5) is 14.3. The Balaban J connectivity index is 1.96. The molecule has 0 spiro atoms. The van der Waals surface area contributed by atoms with Crippen LogP contribution in [0.4, 0.5) is 0 Å². The number of carbonyl (C=O) groups excluding carboxylic acids is 1. The molecule has 0 amide bonds. The number of hydrogen-bond acceptors (Lipinski definition) is 3. The molecule has 2 atom stereocenters. The summed E-state index contributed by atoms with van der Waals surface area (Å²) in [6, 6.07) is 7.05. The normalized spacial score (nSPS) is 25.1. The molecule has 0 aliphatic carbocycles. The fourth-order valence-electron chi connectivity index (χ4n) is 2.34. The van der Waals surface area contributed by atoms with E-state index in [2.05, 4.69) is 4.90 Å². The molecule has 0 aromatic heterocycles. The first-order chi connectivity index (χ1) is 8.54. The van der Waals surface area contributed by atoms with Crippen molar-refractivity contribution in [2.24, 2.45) is 0 Å². The molecule has 18 heavy (non-hydrogen) atoms. The number of benzene rings is 1. The molecule has 1 aromatic carbocycles. The van der Waals surface area contributed by atoms with Crippen LogP contribution in [-0.2, 0) is 4.74 Å². The van der Waals surface area contributed by atoms with E-state index in [1.807, 2.05) is 13.8 Å². The summed E-state index contributed by atoms with van der Waals surface area (Å²) in [5, 5.41) is 0.653. The number of morpholine rings is 1. The molecule has 1 aromatic rings. The molecule has 3 nitrogen and oxygen atoms in total. The molecule has 0 N–H and O–H groups in total. The zero-order valence-electron chi connectivity index (χ0n) is 10.7. The number of Topliss-reactive ketones (excluding diaryl/α,β-unsaturated/α-hetero) is 1. The van der Waals surface area contributed by atoms with E-state index in [0.29, 0.717) is 17.1 Å². The summed E-state index contributed by atoms with van der Waals surface area (Å²) in [7, 11) is 0. The first-order valence-electron chi connectivity index (χ1n) is 6.21. The van der Waals surface area contributed by atoms with E-state index in [1.54, 1.807) is 24.3 Å². The quantitative estimate of drug-likeness (QED) is 0.789. The molecule has 1 aliphatic rings. The monoisotopic (exact) mass is 267 g/mol. The van der Waals surface area contributed by atoms with E-state index in [0.717, 1.165) is 13.1 Å². The highest BCUT2D eigenvalue weighted by Crippen LogP contribution is 2.13. The lowest BCUT2D eigenvalue weighted by Crippen LogP contribution is -2.47. The molecule has 2 rings (SSSR count). The second kappa shape index (κ2) is 5.83. The topological polar surface area (TPSA) is 29.5 Å². The van der Waals surface area contributed by atoms with Gasteiger partial charge in [-0.05, 0) is 38.1 Å². The lowest BCUT2D eigenvalue weighted by atomic mass is 10.1. The fraction of sp³-hybridized carbons (Fsp3) is 0.500. The van der Waals surface area contributed by atoms with Crippen LogP contribution in [0, 0.1) is 0 Å². The van der Waals surface area contributed by atoms with Crippen molar-refractivity contribution < 1.29 is 9.53 Å². The third-order valence-electron chi connectivity index (χ3n) is 3.03. The Morgan fingerprint density at radius 3 is 2.39 bits per heavy atom. The van der Waals surface area contributed by atoms with Crippen LogP contribution in [-0.4, -0.2) is 42.5 Å². The SMILES string of the molecule is C[C@@H]1CN(CC(=O)c2ccc(Cl)cc2)C[C@@H](C)O1. The number of ketones is 1. The van der Waals surface area contributed by atoms with Crippen LogP contribution in [0.3, 0.4) is 0 Å². The van der Waals surface area contributed by atoms with E-state index in [9.17, 15) is 4.79 Å². The van der Waals surface area contributed by atoms with Gasteiger partial charge < -0.3 is 4.74 Å². The minimum atomic E-state index is 0.132. The number of carbonyl (C=O) groups is 1. The highest BCUT2D eigenvalue weighted by atomic mass is 35.5. The highest BCUT2D eigenvalue weighted by molar-refractivity contribution is 6.30. The van der Waals surface area contributed by atoms with Crippen molar-refractivity contribution in [1.29, 1.82) is 0 Å². The first kappa shape index (κ1) is 13.5. The Labute approximate surface area is 113 Å². The summed E-state index contributed by atoms with van der Waals surface area (Å²) >= 11 is 5.81. The summed E-state index contributed by atoms with van der Waals surface area (Å²) < 4.78 is 5.65. The minimum absolute atomic E-state index is 0.132. The Morgan fingerprint density at radius 2 is 1.83 bits per heavy atom. The van der Waals surface area contributed by atoms with Gasteiger partial charge in [0.2, 0.25) is 0 Å². The van der Waals surface area contributed by atoms with Crippen molar-refractivity contribution >= 4 is 17.4 Å². The van der Waals surface area contributed by atoms with Gasteiger partial charge in [-0.2, -0.15) is 0 Å². The molecular weight excluding hydrogens is 250 g/mol. The summed E-state index contributed by atoms with van der Waals surface area (Å²) in [5.41, 5.74) is 0.714. The van der Waals surface area contributed by atoms with Gasteiger partial charge in [0.15, 0.2) is 5.78 Å². The van der Waals surface area contributed by atoms with Gasteiger partial charge in [0.25, 0.3) is 0 Å². The van der Waals surface area contributed by atoms with E-state index in [-0.39, 0.29) is 18.0 Å². The predicted molar refractivity (Wildman–Crippen MR) is 72.2 cm³/mol. The van der Waals surface area contributed by atoms with Crippen molar-refractivity contribution in [2.45, 2.75) is 26.1 Å². The standard InChI is InChI=1S/C14H18ClNO2/c1-10-7-16(8-11(2)18-10)9-14(17)12-3-5-13(15)6-4-12/h3-6,10-11H,7-9H2,1-2H3/t10-,11-/m1/s1. The van der Waals surface area contributed by atoms with Gasteiger partial charge in [0.05, 0.1) is 18.8 Å². The van der Waals surface area contributed by atoms with Crippen LogP contribution in [0.1, 0.15) is 24.2 Å². The number of hydrogen-bond donors (Lipinski definition) is 0. The molecule has 4 heteroatoms. The molecule has 1 fully saturated rings. The van der Waals surface area contributed by atoms with E-state index < -0.39 is 0 Å². The molecule has 0 radical (unpaired) electrons. The lowest BCUT2D eigenvalue weighted by molar-refractivity contribution is -0.0652. The molecule has 0 bridgehead atoms. The smallest absolute Gasteiger partial charge is 0.176 e. The summed E-state index contributed by atoms with van der Waals surface area (Å²) in [6.45, 7) is 6.14. The average molecular weight is 268 g/mol. The largest absolute Gasteiger partial charge is 0.373 e. The third kappa shape index (κ3) is 3.55. The fourth-order valence-corrected chi connectivity index (χ4v) is 2.47. The van der Waals surface area contributed by atoms with Crippen LogP contribution in [0.2, 0.25) is 5.02 Å². The Hall–Kier alpha value is -0.900. The van der Waals surface area contributed by atoms with Crippen LogP contribution >= 0.6 is 11.6 Å². The van der Waals surface area contributed by atoms with E-state index in [4.69, 9.17) is 16.3 Å². The molecule has 1 saturated heterocycles. The zero-order chi connectivity index (χ0) is 13.1. The van der Waals surface area contributed by atoms with Gasteiger partial charge in [-0.25, -0.2) is 0 Å². The molecule has 1 heterocycles. The number of ether oxygens (including phenoxy) is 1. The Morgan fingerprint density at radius 1 is 1.28 bits per heavy atom. The van der Waals surface area contributed by atoms with Crippen molar-refractivity contribution in [2.75, 3.05) is 19.6 Å². The Kier molecular flexibility index (Phi) is 4.38. The zero-order valence-corrected chi connectivity index (χ0v) is 11.5. The minimum Gasteiger partial charge on any atom is -0.373 e. The van der Waals surface area contributed by atoms with Crippen LogP contribution < -0.4 is 0 Å². The van der Waals surface area contributed by atoms with E-state index in [1.165, 1.54) is 0 Å². The van der Waals surface area contributed by atoms with Crippen molar-refractivity contribution in [3.8, 4) is 0 Å². The highest BCUT2D eigenvalue weighted by Gasteiger charge is 2.23. The van der Waals surface area contributed by atoms with Gasteiger partial charge >= 0.3 is 0 Å². The third-order valence-corrected chi connectivity index (χ3v) is 3.28. The molecule has 0 unspecified atom stereocenters. The molecule has 1 aliphatic heterocycles. The van der Waals surface area contributed by atoms with E-state index >= 15 is 0 Å². The Bertz CT molecular complexity index is 408.